The molecule has 2 aromatic rings. The van der Waals surface area contributed by atoms with Gasteiger partial charge >= 0.3 is 0 Å². The van der Waals surface area contributed by atoms with Crippen LogP contribution in [-0.4, -0.2) is 54.5 Å². The molecule has 10 heteroatoms. The molecule has 3 rings (SSSR count). The largest absolute Gasteiger partial charge is 0.331 e. The smallest absolute Gasteiger partial charge is 0.283 e. The summed E-state index contributed by atoms with van der Waals surface area (Å²) in [4.78, 5) is 18.5. The van der Waals surface area contributed by atoms with Gasteiger partial charge in [0.25, 0.3) is 5.92 Å². The first-order valence-corrected chi connectivity index (χ1v) is 13.1. The molecule has 192 valence electrons. The van der Waals surface area contributed by atoms with Crippen molar-refractivity contribution in [1.82, 2.24) is 14.6 Å². The minimum atomic E-state index is -4.03. The van der Waals surface area contributed by atoms with E-state index in [1.807, 2.05) is 13.0 Å². The Bertz CT molecular complexity index is 1210. The van der Waals surface area contributed by atoms with Crippen LogP contribution in [0.2, 0.25) is 0 Å². The molecule has 0 saturated carbocycles. The SMILES string of the molecule is CCS(=O)(=O)N[C@@H]1[C@H](Cc2cccc(-c3cc(C)cc(C)n3)c2F)N(C(=O)C(C)(C)C)CC1(F)F. The minimum absolute atomic E-state index is 0.0959. The number of amides is 1. The topological polar surface area (TPSA) is 79.4 Å². The Labute approximate surface area is 205 Å². The number of sulfonamides is 1. The Hall–Kier alpha value is -2.46. The molecule has 0 unspecified atom stereocenters. The van der Waals surface area contributed by atoms with Gasteiger partial charge < -0.3 is 4.90 Å². The number of likely N-dealkylation sites (tertiary alicyclic amines) is 1. The third kappa shape index (κ3) is 5.86. The number of alkyl halides is 2. The summed E-state index contributed by atoms with van der Waals surface area (Å²) in [6.07, 6.45) is -0.293. The van der Waals surface area contributed by atoms with Crippen LogP contribution in [0.25, 0.3) is 11.3 Å². The molecule has 2 heterocycles. The van der Waals surface area contributed by atoms with E-state index in [-0.39, 0.29) is 17.5 Å². The number of carbonyl (C=O) groups is 1. The molecule has 0 aliphatic carbocycles. The molecule has 1 aromatic heterocycles. The number of benzene rings is 1. The second-order valence-electron chi connectivity index (χ2n) is 10.2. The predicted octanol–water partition coefficient (Wildman–Crippen LogP) is 4.25. The molecule has 0 spiro atoms. The summed E-state index contributed by atoms with van der Waals surface area (Å²) >= 11 is 0. The van der Waals surface area contributed by atoms with E-state index in [0.29, 0.717) is 11.4 Å². The average molecular weight is 512 g/mol. The summed E-state index contributed by atoms with van der Waals surface area (Å²) in [5.41, 5.74) is 1.32. The first-order chi connectivity index (χ1) is 16.1. The third-order valence-corrected chi connectivity index (χ3v) is 7.46. The number of rotatable bonds is 6. The third-order valence-electron chi connectivity index (χ3n) is 6.09. The summed E-state index contributed by atoms with van der Waals surface area (Å²) in [5.74, 6) is -5.13. The van der Waals surface area contributed by atoms with Gasteiger partial charge in [0.1, 0.15) is 11.9 Å². The number of aromatic nitrogens is 1. The van der Waals surface area contributed by atoms with Gasteiger partial charge in [0, 0.05) is 16.7 Å². The molecule has 1 aliphatic heterocycles. The van der Waals surface area contributed by atoms with Gasteiger partial charge in [-0.3, -0.25) is 9.78 Å². The molecule has 35 heavy (non-hydrogen) atoms. The van der Waals surface area contributed by atoms with Crippen molar-refractivity contribution < 1.29 is 26.4 Å². The number of carbonyl (C=O) groups excluding carboxylic acids is 1. The Morgan fingerprint density at radius 3 is 2.46 bits per heavy atom. The van der Waals surface area contributed by atoms with E-state index in [1.54, 1.807) is 45.9 Å². The van der Waals surface area contributed by atoms with Gasteiger partial charge in [-0.15, -0.1) is 0 Å². The lowest BCUT2D eigenvalue weighted by atomic mass is 9.92. The normalized spacial score (nSPS) is 20.3. The maximum atomic E-state index is 15.7. The number of nitrogens with zero attached hydrogens (tertiary/aromatic N) is 2. The number of aryl methyl sites for hydroxylation is 2. The van der Waals surface area contributed by atoms with E-state index >= 15 is 13.2 Å². The highest BCUT2D eigenvalue weighted by molar-refractivity contribution is 7.89. The molecule has 1 saturated heterocycles. The lowest BCUT2D eigenvalue weighted by Crippen LogP contribution is -2.53. The van der Waals surface area contributed by atoms with Crippen LogP contribution in [-0.2, 0) is 21.2 Å². The maximum absolute atomic E-state index is 15.7. The van der Waals surface area contributed by atoms with Crippen molar-refractivity contribution in [2.24, 2.45) is 5.41 Å². The fourth-order valence-corrected chi connectivity index (χ4v) is 5.25. The van der Waals surface area contributed by atoms with E-state index in [9.17, 15) is 13.2 Å². The van der Waals surface area contributed by atoms with Crippen molar-refractivity contribution in [3.63, 3.8) is 0 Å². The van der Waals surface area contributed by atoms with Gasteiger partial charge in [0.15, 0.2) is 0 Å². The van der Waals surface area contributed by atoms with E-state index in [2.05, 4.69) is 9.71 Å². The zero-order valence-corrected chi connectivity index (χ0v) is 21.6. The summed E-state index contributed by atoms with van der Waals surface area (Å²) in [6.45, 7) is 8.83. The molecular formula is C25H32F3N3O3S. The zero-order chi connectivity index (χ0) is 26.3. The van der Waals surface area contributed by atoms with E-state index in [1.165, 1.54) is 13.0 Å². The highest BCUT2D eigenvalue weighted by Gasteiger charge is 2.58. The quantitative estimate of drug-likeness (QED) is 0.629. The Morgan fingerprint density at radius 1 is 1.23 bits per heavy atom. The molecule has 6 nitrogen and oxygen atoms in total. The number of hydrogen-bond acceptors (Lipinski definition) is 4. The van der Waals surface area contributed by atoms with Gasteiger partial charge in [0.05, 0.1) is 24.0 Å². The first kappa shape index (κ1) is 27.1. The lowest BCUT2D eigenvalue weighted by Gasteiger charge is -2.32. The Morgan fingerprint density at radius 2 is 1.89 bits per heavy atom. The van der Waals surface area contributed by atoms with E-state index < -0.39 is 57.5 Å². The molecule has 0 radical (unpaired) electrons. The zero-order valence-electron chi connectivity index (χ0n) is 20.8. The van der Waals surface area contributed by atoms with Crippen molar-refractivity contribution in [2.45, 2.75) is 66.0 Å². The van der Waals surface area contributed by atoms with Crippen LogP contribution in [0.15, 0.2) is 30.3 Å². The van der Waals surface area contributed by atoms with Gasteiger partial charge in [-0.1, -0.05) is 32.9 Å². The fourth-order valence-electron chi connectivity index (χ4n) is 4.37. The number of nitrogens with one attached hydrogen (secondary N) is 1. The Balaban J connectivity index is 2.08. The monoisotopic (exact) mass is 511 g/mol. The second-order valence-corrected chi connectivity index (χ2v) is 12.2. The summed E-state index contributed by atoms with van der Waals surface area (Å²) < 4.78 is 72.5. The van der Waals surface area contributed by atoms with Gasteiger partial charge in [0.2, 0.25) is 15.9 Å². The van der Waals surface area contributed by atoms with Crippen molar-refractivity contribution in [3.05, 3.63) is 53.0 Å². The van der Waals surface area contributed by atoms with Crippen LogP contribution in [0, 0.1) is 25.1 Å². The van der Waals surface area contributed by atoms with Gasteiger partial charge in [-0.2, -0.15) is 0 Å². The van der Waals surface area contributed by atoms with Gasteiger partial charge in [-0.25, -0.2) is 26.3 Å². The summed E-state index contributed by atoms with van der Waals surface area (Å²) in [7, 11) is -4.03. The minimum Gasteiger partial charge on any atom is -0.331 e. The summed E-state index contributed by atoms with van der Waals surface area (Å²) in [6, 6.07) is 5.03. The standard InChI is InChI=1S/C25H32F3N3O3S/c1-7-35(33,34)30-22-20(31(14-25(22,27)28)23(32)24(4,5)6)13-17-9-8-10-18(21(17)26)19-12-15(2)11-16(3)29-19/h8-12,20,22,30H,7,13-14H2,1-6H3/t20-,22+/m0/s1. The highest BCUT2D eigenvalue weighted by Crippen LogP contribution is 2.38. The molecule has 1 fully saturated rings. The molecule has 0 bridgehead atoms. The van der Waals surface area contributed by atoms with Crippen LogP contribution in [0.3, 0.4) is 0 Å². The van der Waals surface area contributed by atoms with E-state index in [0.717, 1.165) is 10.5 Å². The molecule has 1 aromatic carbocycles. The van der Waals surface area contributed by atoms with Crippen LogP contribution < -0.4 is 4.72 Å². The predicted molar refractivity (Wildman–Crippen MR) is 129 cm³/mol. The van der Waals surface area contributed by atoms with Crippen molar-refractivity contribution in [2.75, 3.05) is 12.3 Å². The van der Waals surface area contributed by atoms with E-state index in [4.69, 9.17) is 0 Å². The van der Waals surface area contributed by atoms with Crippen molar-refractivity contribution in [1.29, 1.82) is 0 Å². The van der Waals surface area contributed by atoms with Crippen LogP contribution in [0.1, 0.15) is 44.5 Å². The summed E-state index contributed by atoms with van der Waals surface area (Å²) in [5, 5.41) is 0. The number of halogens is 3. The molecule has 2 atom stereocenters. The van der Waals surface area contributed by atoms with Crippen molar-refractivity contribution >= 4 is 15.9 Å². The maximum Gasteiger partial charge on any atom is 0.283 e. The van der Waals surface area contributed by atoms with Gasteiger partial charge in [-0.05, 0) is 56.5 Å². The van der Waals surface area contributed by atoms with Crippen LogP contribution in [0.5, 0.6) is 0 Å². The molecular weight excluding hydrogens is 479 g/mol. The second kappa shape index (κ2) is 9.54. The molecule has 1 amide bonds. The highest BCUT2D eigenvalue weighted by atomic mass is 32.2. The lowest BCUT2D eigenvalue weighted by molar-refractivity contribution is -0.141. The van der Waals surface area contributed by atoms with Crippen LogP contribution >= 0.6 is 0 Å². The molecule has 1 N–H and O–H groups in total. The average Bonchev–Trinajstić information content (AvgIpc) is 2.97. The Kier molecular flexibility index (Phi) is 7.39. The number of pyridine rings is 1. The molecule has 1 aliphatic rings. The first-order valence-electron chi connectivity index (χ1n) is 11.5. The fraction of sp³-hybridized carbons (Fsp3) is 0.520. The number of hydrogen-bond donors (Lipinski definition) is 1. The van der Waals surface area contributed by atoms with Crippen molar-refractivity contribution in [3.8, 4) is 11.3 Å². The van der Waals surface area contributed by atoms with Crippen LogP contribution in [0.4, 0.5) is 13.2 Å².